The molecule has 0 bridgehead atoms. The summed E-state index contributed by atoms with van der Waals surface area (Å²) in [5.41, 5.74) is 11.9. The first-order valence-electron chi connectivity index (χ1n) is 36.3. The molecule has 0 radical (unpaired) electrons. The van der Waals surface area contributed by atoms with Gasteiger partial charge in [0.05, 0.1) is 77.7 Å². The highest BCUT2D eigenvalue weighted by molar-refractivity contribution is 7.18. The van der Waals surface area contributed by atoms with E-state index in [0.29, 0.717) is 38.5 Å². The summed E-state index contributed by atoms with van der Waals surface area (Å²) in [5, 5.41) is 19.2. The van der Waals surface area contributed by atoms with Crippen molar-refractivity contribution in [1.82, 2.24) is 55.7 Å². The lowest BCUT2D eigenvalue weighted by Crippen LogP contribution is -2.44. The lowest BCUT2D eigenvalue weighted by molar-refractivity contribution is 0.0935. The molecule has 15 rings (SSSR count). The van der Waals surface area contributed by atoms with Gasteiger partial charge in [0.25, 0.3) is 17.7 Å². The topological polar surface area (TPSA) is 226 Å². The van der Waals surface area contributed by atoms with Gasteiger partial charge in [-0.3, -0.25) is 14.4 Å². The summed E-state index contributed by atoms with van der Waals surface area (Å²) >= 11 is 4.27. The number of morpholine rings is 1. The lowest BCUT2D eigenvalue weighted by atomic mass is 10.1. The maximum absolute atomic E-state index is 12.8. The van der Waals surface area contributed by atoms with E-state index in [0.717, 1.165) is 137 Å². The van der Waals surface area contributed by atoms with E-state index >= 15 is 0 Å². The summed E-state index contributed by atoms with van der Waals surface area (Å²) in [7, 11) is 6.45. The predicted molar refractivity (Wildman–Crippen MR) is 439 cm³/mol. The van der Waals surface area contributed by atoms with Crippen molar-refractivity contribution >= 4 is 104 Å². The average Bonchev–Trinajstić information content (AvgIpc) is 1.40. The molecular formula is C84H89N17O4S3. The highest BCUT2D eigenvalue weighted by Gasteiger charge is 2.25. The summed E-state index contributed by atoms with van der Waals surface area (Å²) in [6, 6.07) is 72.1. The maximum atomic E-state index is 12.8. The van der Waals surface area contributed by atoms with Gasteiger partial charge in [-0.05, 0) is 174 Å². The molecular weight excluding hydrogens is 1410 g/mol. The molecule has 9 heterocycles. The standard InChI is InChI=1S/C29H32N6OS.C28H30N6OS.C27H27N5O2S/c1-20(21-8-5-4-6-9-21)31-28(36)27-13-12-26(37-27)25-14-16-30-29(33-25)32-22-10-7-11-23(18-22)35-17-15-24(19-35)34(2)3;1-20(21-7-4-3-5-8-21)30-27(35)26-12-11-25(36-26)24-13-14-29-28(32-24)31-22-9-6-10-23(19-22)34-17-15-33(2)16-18-34;1-19(20-6-3-2-4-7-20)29-26(33)25-11-10-24(35-25)23-12-13-28-27(31-23)30-21-8-5-9-22(18-21)32-14-16-34-17-15-32/h4-14,16,18,20,24H,15,17,19H2,1-3H3,(H,31,36)(H,30,32,33);3-14,19-20H,15-18H2,1-2H3,(H,30,35)(H,29,31,32);2-13,18-19H,14-17H2,1H3,(H,29,33)(H,28,30,31)/t20-,24?;20-;19-/m111/s1. The van der Waals surface area contributed by atoms with Crippen molar-refractivity contribution < 1.29 is 19.1 Å². The van der Waals surface area contributed by atoms with Gasteiger partial charge in [0.1, 0.15) is 0 Å². The summed E-state index contributed by atoms with van der Waals surface area (Å²) < 4.78 is 5.46. The number of likely N-dealkylation sites (N-methyl/N-ethyl adjacent to an activating group) is 2. The second-order valence-corrected chi connectivity index (χ2v) is 30.1. The van der Waals surface area contributed by atoms with Gasteiger partial charge in [0.2, 0.25) is 17.8 Å². The largest absolute Gasteiger partial charge is 0.378 e. The number of amides is 3. The van der Waals surface area contributed by atoms with Crippen LogP contribution in [-0.2, 0) is 4.74 Å². The van der Waals surface area contributed by atoms with Crippen LogP contribution in [0.4, 0.5) is 52.0 Å². The van der Waals surface area contributed by atoms with Gasteiger partial charge in [0, 0.05) is 111 Å². The van der Waals surface area contributed by atoms with Crippen molar-refractivity contribution in [3.63, 3.8) is 0 Å². The Kier molecular flexibility index (Phi) is 25.3. The number of thiophene rings is 3. The molecule has 4 atom stereocenters. The molecule has 3 fully saturated rings. The molecule has 108 heavy (non-hydrogen) atoms. The zero-order valence-corrected chi connectivity index (χ0v) is 63.8. The van der Waals surface area contributed by atoms with E-state index in [1.54, 1.807) is 18.6 Å². The monoisotopic (exact) mass is 1500 g/mol. The molecule has 24 heteroatoms. The van der Waals surface area contributed by atoms with Crippen molar-refractivity contribution in [3.8, 4) is 31.7 Å². The summed E-state index contributed by atoms with van der Waals surface area (Å²) in [6.07, 6.45) is 6.38. The fourth-order valence-electron chi connectivity index (χ4n) is 12.8. The lowest BCUT2D eigenvalue weighted by Gasteiger charge is -2.34. The number of ether oxygens (including phenoxy) is 1. The van der Waals surface area contributed by atoms with Crippen LogP contribution in [0.15, 0.2) is 237 Å². The molecule has 12 aromatic rings. The Labute approximate surface area is 643 Å². The van der Waals surface area contributed by atoms with Crippen molar-refractivity contribution in [3.05, 3.63) is 268 Å². The minimum atomic E-state index is -0.0927. The summed E-state index contributed by atoms with van der Waals surface area (Å²) in [5.74, 6) is 1.30. The average molecular weight is 1500 g/mol. The molecule has 6 aromatic carbocycles. The van der Waals surface area contributed by atoms with Crippen LogP contribution < -0.4 is 46.6 Å². The van der Waals surface area contributed by atoms with E-state index in [4.69, 9.17) is 14.7 Å². The first-order valence-corrected chi connectivity index (χ1v) is 38.8. The number of carbonyl (C=O) groups is 3. The second-order valence-electron chi connectivity index (χ2n) is 26.9. The third-order valence-corrected chi connectivity index (χ3v) is 22.3. The molecule has 3 aliphatic rings. The Morgan fingerprint density at radius 1 is 0.417 bits per heavy atom. The van der Waals surface area contributed by atoms with E-state index < -0.39 is 0 Å². The molecule has 0 saturated carbocycles. The molecule has 3 amide bonds. The fraction of sp³-hybridized carbons (Fsp3) is 0.250. The van der Waals surface area contributed by atoms with Gasteiger partial charge in [-0.25, -0.2) is 29.9 Å². The SMILES string of the molecule is C[C@@H](NC(=O)c1ccc(-c2ccnc(Nc3cccc(N4CCC(N(C)C)C4)c3)n2)s1)c1ccccc1.C[C@@H](NC(=O)c1ccc(-c2ccnc(Nc3cccc(N4CCN(C)CC4)c3)n2)s1)c1ccccc1.C[C@@H](NC(=O)c1ccc(-c2ccnc(Nc3cccc(N4CCOCC4)c3)n2)s1)c1ccccc1. The molecule has 552 valence electrons. The quantitative estimate of drug-likeness (QED) is 0.0371. The molecule has 6 N–H and O–H groups in total. The molecule has 3 aliphatic heterocycles. The molecule has 21 nitrogen and oxygen atoms in total. The van der Waals surface area contributed by atoms with E-state index in [9.17, 15) is 14.4 Å². The fourth-order valence-corrected chi connectivity index (χ4v) is 15.4. The number of hydrogen-bond acceptors (Lipinski definition) is 21. The summed E-state index contributed by atoms with van der Waals surface area (Å²) in [4.78, 5) is 82.2. The van der Waals surface area contributed by atoms with Crippen molar-refractivity contribution in [2.45, 2.75) is 51.4 Å². The van der Waals surface area contributed by atoms with E-state index in [2.05, 4.69) is 146 Å². The van der Waals surface area contributed by atoms with Gasteiger partial charge in [-0.2, -0.15) is 0 Å². The molecule has 3 saturated heterocycles. The Morgan fingerprint density at radius 3 is 1.12 bits per heavy atom. The molecule has 0 aliphatic carbocycles. The van der Waals surface area contributed by atoms with Gasteiger partial charge in [-0.15, -0.1) is 34.0 Å². The molecule has 0 spiro atoms. The second kappa shape index (κ2) is 36.4. The number of benzene rings is 6. The normalized spacial score (nSPS) is 15.1. The van der Waals surface area contributed by atoms with Gasteiger partial charge >= 0.3 is 0 Å². The first-order chi connectivity index (χ1) is 52.7. The Morgan fingerprint density at radius 2 is 0.769 bits per heavy atom. The minimum absolute atomic E-state index is 0.0688. The van der Waals surface area contributed by atoms with Gasteiger partial charge < -0.3 is 61.1 Å². The smallest absolute Gasteiger partial charge is 0.261 e. The molecule has 1 unspecified atom stereocenters. The van der Waals surface area contributed by atoms with E-state index in [1.807, 2.05) is 191 Å². The number of carbonyl (C=O) groups excluding carboxylic acids is 3. The van der Waals surface area contributed by atoms with Crippen LogP contribution in [0.25, 0.3) is 31.7 Å². The van der Waals surface area contributed by atoms with Crippen LogP contribution in [0.1, 0.15) is 91.0 Å². The zero-order valence-electron chi connectivity index (χ0n) is 61.4. The molecule has 6 aromatic heterocycles. The van der Waals surface area contributed by atoms with Gasteiger partial charge in [-0.1, -0.05) is 109 Å². The Hall–Kier alpha value is -11.3. The number of rotatable bonds is 22. The van der Waals surface area contributed by atoms with Crippen molar-refractivity contribution in [2.24, 2.45) is 0 Å². The predicted octanol–water partition coefficient (Wildman–Crippen LogP) is 16.0. The van der Waals surface area contributed by atoms with Crippen LogP contribution in [0.2, 0.25) is 0 Å². The van der Waals surface area contributed by atoms with Crippen LogP contribution in [0, 0.1) is 0 Å². The van der Waals surface area contributed by atoms with E-state index in [1.165, 1.54) is 51.8 Å². The number of piperazine rings is 1. The number of nitrogens with zero attached hydrogens (tertiary/aromatic N) is 11. The number of hydrogen-bond donors (Lipinski definition) is 6. The Balaban J connectivity index is 0.000000143. The van der Waals surface area contributed by atoms with Crippen LogP contribution in [0.3, 0.4) is 0 Å². The van der Waals surface area contributed by atoms with Crippen LogP contribution >= 0.6 is 34.0 Å². The third kappa shape index (κ3) is 20.3. The van der Waals surface area contributed by atoms with Gasteiger partial charge in [0.15, 0.2) is 0 Å². The van der Waals surface area contributed by atoms with Crippen LogP contribution in [0.5, 0.6) is 0 Å². The maximum Gasteiger partial charge on any atom is 0.261 e. The van der Waals surface area contributed by atoms with E-state index in [-0.39, 0.29) is 35.8 Å². The summed E-state index contributed by atoms with van der Waals surface area (Å²) in [6.45, 7) is 15.5. The van der Waals surface area contributed by atoms with Crippen LogP contribution in [-0.4, -0.2) is 150 Å². The van der Waals surface area contributed by atoms with Crippen molar-refractivity contribution in [2.75, 3.05) is 117 Å². The third-order valence-electron chi connectivity index (χ3n) is 19.0. The number of aromatic nitrogens is 6. The zero-order chi connectivity index (χ0) is 74.7. The Bertz CT molecular complexity index is 4930. The van der Waals surface area contributed by atoms with Crippen molar-refractivity contribution in [1.29, 1.82) is 0 Å². The highest BCUT2D eigenvalue weighted by atomic mass is 32.1. The number of anilines is 9. The minimum Gasteiger partial charge on any atom is -0.378 e. The highest BCUT2D eigenvalue weighted by Crippen LogP contribution is 2.34. The first kappa shape index (κ1) is 75.0. The number of nitrogens with one attached hydrogen (secondary N) is 6.